The lowest BCUT2D eigenvalue weighted by Gasteiger charge is -2.33. The molecule has 1 heterocycles. The second-order valence-electron chi connectivity index (χ2n) is 3.51. The zero-order valence-electron chi connectivity index (χ0n) is 8.49. The van der Waals surface area contributed by atoms with Crippen LogP contribution in [0.1, 0.15) is 18.4 Å². The summed E-state index contributed by atoms with van der Waals surface area (Å²) in [5.74, 6) is 0.408. The van der Waals surface area contributed by atoms with Crippen LogP contribution in [0, 0.1) is 0 Å². The number of rotatable bonds is 2. The fraction of sp³-hybridized carbons (Fsp3) is 0.364. The number of esters is 1. The van der Waals surface area contributed by atoms with Crippen molar-refractivity contribution in [1.29, 1.82) is 0 Å². The number of ether oxygens (including phenoxy) is 2. The van der Waals surface area contributed by atoms with Crippen molar-refractivity contribution in [2.45, 2.75) is 18.9 Å². The van der Waals surface area contributed by atoms with Gasteiger partial charge in [-0.25, -0.2) is 0 Å². The fourth-order valence-electron chi connectivity index (χ4n) is 1.71. The standard InChI is InChI=1S/C11H11BrO3/c1-6-10(11(13)15-6)8-5-7(14-2)3-4-9(8)12/h3-6,10H,1-2H3/t6-,10+/m1/s1. The summed E-state index contributed by atoms with van der Waals surface area (Å²) in [6, 6.07) is 5.60. The summed E-state index contributed by atoms with van der Waals surface area (Å²) in [5.41, 5.74) is 0.929. The fourth-order valence-corrected chi connectivity index (χ4v) is 2.20. The molecule has 1 saturated heterocycles. The van der Waals surface area contributed by atoms with Gasteiger partial charge in [0.1, 0.15) is 17.8 Å². The predicted molar refractivity (Wildman–Crippen MR) is 59.0 cm³/mol. The number of benzene rings is 1. The number of hydrogen-bond acceptors (Lipinski definition) is 3. The summed E-state index contributed by atoms with van der Waals surface area (Å²) in [7, 11) is 1.61. The Bertz CT molecular complexity index is 403. The van der Waals surface area contributed by atoms with E-state index in [2.05, 4.69) is 15.9 Å². The molecule has 0 amide bonds. The summed E-state index contributed by atoms with van der Waals surface area (Å²) in [6.07, 6.45) is -0.0547. The first-order chi connectivity index (χ1) is 7.13. The number of carbonyl (C=O) groups is 1. The molecule has 0 N–H and O–H groups in total. The topological polar surface area (TPSA) is 35.5 Å². The molecule has 4 heteroatoms. The second-order valence-corrected chi connectivity index (χ2v) is 4.36. The van der Waals surface area contributed by atoms with Crippen LogP contribution in [0.5, 0.6) is 5.75 Å². The lowest BCUT2D eigenvalue weighted by Crippen LogP contribution is -2.40. The van der Waals surface area contributed by atoms with E-state index in [0.29, 0.717) is 0 Å². The molecule has 0 saturated carbocycles. The van der Waals surface area contributed by atoms with Crippen LogP contribution >= 0.6 is 15.9 Å². The molecule has 0 unspecified atom stereocenters. The Hall–Kier alpha value is -1.03. The van der Waals surface area contributed by atoms with E-state index in [0.717, 1.165) is 15.8 Å². The van der Waals surface area contributed by atoms with Gasteiger partial charge in [-0.15, -0.1) is 0 Å². The molecule has 2 atom stereocenters. The summed E-state index contributed by atoms with van der Waals surface area (Å²) < 4.78 is 11.0. The molecule has 1 aromatic rings. The number of carbonyl (C=O) groups excluding carboxylic acids is 1. The quantitative estimate of drug-likeness (QED) is 0.775. The largest absolute Gasteiger partial charge is 0.497 e. The molecule has 80 valence electrons. The molecular formula is C11H11BrO3. The van der Waals surface area contributed by atoms with E-state index in [1.54, 1.807) is 7.11 Å². The molecule has 0 aromatic heterocycles. The van der Waals surface area contributed by atoms with Crippen molar-refractivity contribution in [2.24, 2.45) is 0 Å². The first-order valence-corrected chi connectivity index (χ1v) is 5.46. The van der Waals surface area contributed by atoms with Crippen molar-refractivity contribution in [3.63, 3.8) is 0 Å². The van der Waals surface area contributed by atoms with Crippen molar-refractivity contribution >= 4 is 21.9 Å². The average molecular weight is 271 g/mol. The number of halogens is 1. The first kappa shape index (κ1) is 10.5. The van der Waals surface area contributed by atoms with Gasteiger partial charge in [0.2, 0.25) is 0 Å². The molecule has 2 rings (SSSR count). The molecule has 1 fully saturated rings. The first-order valence-electron chi connectivity index (χ1n) is 4.67. The molecule has 0 spiro atoms. The highest BCUT2D eigenvalue weighted by molar-refractivity contribution is 9.10. The summed E-state index contributed by atoms with van der Waals surface area (Å²) in [6.45, 7) is 1.89. The molecule has 0 aliphatic carbocycles. The van der Waals surface area contributed by atoms with Crippen molar-refractivity contribution < 1.29 is 14.3 Å². The normalized spacial score (nSPS) is 24.3. The van der Waals surface area contributed by atoms with Crippen LogP contribution in [-0.4, -0.2) is 19.2 Å². The van der Waals surface area contributed by atoms with Gasteiger partial charge in [0.05, 0.1) is 7.11 Å². The summed E-state index contributed by atoms with van der Waals surface area (Å²) in [4.78, 5) is 11.3. The average Bonchev–Trinajstić information content (AvgIpc) is 2.21. The minimum absolute atomic E-state index is 0.0547. The summed E-state index contributed by atoms with van der Waals surface area (Å²) in [5, 5.41) is 0. The minimum atomic E-state index is -0.172. The SMILES string of the molecule is COc1ccc(Br)c([C@H]2C(=O)O[C@@H]2C)c1. The molecule has 1 aromatic carbocycles. The lowest BCUT2D eigenvalue weighted by atomic mass is 9.90. The van der Waals surface area contributed by atoms with Gasteiger partial charge >= 0.3 is 5.97 Å². The highest BCUT2D eigenvalue weighted by Crippen LogP contribution is 2.38. The maximum absolute atomic E-state index is 11.3. The molecular weight excluding hydrogens is 260 g/mol. The van der Waals surface area contributed by atoms with Gasteiger partial charge in [-0.3, -0.25) is 4.79 Å². The van der Waals surface area contributed by atoms with Gasteiger partial charge in [0, 0.05) is 4.47 Å². The van der Waals surface area contributed by atoms with Crippen molar-refractivity contribution in [3.8, 4) is 5.75 Å². The van der Waals surface area contributed by atoms with Crippen LogP contribution in [0.4, 0.5) is 0 Å². The third-order valence-electron chi connectivity index (χ3n) is 2.56. The van der Waals surface area contributed by atoms with Crippen LogP contribution in [0.2, 0.25) is 0 Å². The lowest BCUT2D eigenvalue weighted by molar-refractivity contribution is -0.172. The van der Waals surface area contributed by atoms with Crippen LogP contribution in [0.25, 0.3) is 0 Å². The van der Waals surface area contributed by atoms with Crippen LogP contribution in [-0.2, 0) is 9.53 Å². The smallest absolute Gasteiger partial charge is 0.317 e. The van der Waals surface area contributed by atoms with E-state index < -0.39 is 0 Å². The van der Waals surface area contributed by atoms with E-state index in [9.17, 15) is 4.79 Å². The van der Waals surface area contributed by atoms with Gasteiger partial charge in [-0.05, 0) is 30.7 Å². The Morgan fingerprint density at radius 3 is 2.73 bits per heavy atom. The van der Waals surface area contributed by atoms with Gasteiger partial charge in [0.25, 0.3) is 0 Å². The molecule has 15 heavy (non-hydrogen) atoms. The maximum atomic E-state index is 11.3. The molecule has 1 aliphatic heterocycles. The number of cyclic esters (lactones) is 1. The zero-order chi connectivity index (χ0) is 11.0. The van der Waals surface area contributed by atoms with E-state index in [-0.39, 0.29) is 18.0 Å². The van der Waals surface area contributed by atoms with Crippen molar-refractivity contribution in [3.05, 3.63) is 28.2 Å². The Labute approximate surface area is 96.5 Å². The third kappa shape index (κ3) is 1.74. The van der Waals surface area contributed by atoms with Gasteiger partial charge in [0.15, 0.2) is 0 Å². The Balaban J connectivity index is 2.38. The van der Waals surface area contributed by atoms with Gasteiger partial charge in [-0.1, -0.05) is 15.9 Å². The highest BCUT2D eigenvalue weighted by Gasteiger charge is 2.41. The van der Waals surface area contributed by atoms with E-state index in [1.165, 1.54) is 0 Å². The molecule has 3 nitrogen and oxygen atoms in total. The molecule has 0 radical (unpaired) electrons. The Morgan fingerprint density at radius 2 is 2.20 bits per heavy atom. The van der Waals surface area contributed by atoms with Crippen LogP contribution < -0.4 is 4.74 Å². The predicted octanol–water partition coefficient (Wildman–Crippen LogP) is 2.49. The third-order valence-corrected chi connectivity index (χ3v) is 3.29. The van der Waals surface area contributed by atoms with Gasteiger partial charge in [-0.2, -0.15) is 0 Å². The maximum Gasteiger partial charge on any atom is 0.317 e. The van der Waals surface area contributed by atoms with Gasteiger partial charge < -0.3 is 9.47 Å². The van der Waals surface area contributed by atoms with E-state index in [4.69, 9.17) is 9.47 Å². The second kappa shape index (κ2) is 3.85. The number of hydrogen-bond donors (Lipinski definition) is 0. The zero-order valence-corrected chi connectivity index (χ0v) is 10.1. The van der Waals surface area contributed by atoms with E-state index in [1.807, 2.05) is 25.1 Å². The number of methoxy groups -OCH3 is 1. The molecule has 1 aliphatic rings. The monoisotopic (exact) mass is 270 g/mol. The summed E-state index contributed by atoms with van der Waals surface area (Å²) >= 11 is 3.43. The highest BCUT2D eigenvalue weighted by atomic mass is 79.9. The van der Waals surface area contributed by atoms with Crippen LogP contribution in [0.15, 0.2) is 22.7 Å². The minimum Gasteiger partial charge on any atom is -0.497 e. The Morgan fingerprint density at radius 1 is 1.47 bits per heavy atom. The van der Waals surface area contributed by atoms with Crippen LogP contribution in [0.3, 0.4) is 0 Å². The van der Waals surface area contributed by atoms with E-state index >= 15 is 0 Å². The molecule has 0 bridgehead atoms. The Kier molecular flexibility index (Phi) is 2.69. The van der Waals surface area contributed by atoms with Crippen molar-refractivity contribution in [1.82, 2.24) is 0 Å². The van der Waals surface area contributed by atoms with Crippen molar-refractivity contribution in [2.75, 3.05) is 7.11 Å².